The van der Waals surface area contributed by atoms with E-state index in [1.807, 2.05) is 36.4 Å². The van der Waals surface area contributed by atoms with Crippen LogP contribution in [0.3, 0.4) is 0 Å². The Kier molecular flexibility index (Phi) is 6.73. The SMILES string of the molecule is CC(=N)/C(=C(/C)O)c1ccc(NC=O)c(C(C)(c2ccccc2)N2CCCCC2)c1. The van der Waals surface area contributed by atoms with Crippen LogP contribution >= 0.6 is 0 Å². The van der Waals surface area contributed by atoms with Gasteiger partial charge in [0.15, 0.2) is 0 Å². The molecule has 0 saturated carbocycles. The van der Waals surface area contributed by atoms with Crippen molar-refractivity contribution < 1.29 is 9.90 Å². The predicted octanol–water partition coefficient (Wildman–Crippen LogP) is 5.33. The minimum Gasteiger partial charge on any atom is -0.512 e. The Hall–Kier alpha value is -2.92. The molecule has 2 aromatic carbocycles. The zero-order chi connectivity index (χ0) is 21.7. The van der Waals surface area contributed by atoms with E-state index in [1.165, 1.54) is 6.42 Å². The quantitative estimate of drug-likeness (QED) is 0.331. The first-order chi connectivity index (χ1) is 14.4. The molecule has 0 radical (unpaired) electrons. The first kappa shape index (κ1) is 21.8. The van der Waals surface area contributed by atoms with Gasteiger partial charge in [-0.2, -0.15) is 0 Å². The second-order valence-corrected chi connectivity index (χ2v) is 8.09. The molecular formula is C25H31N3O2. The third-order valence-electron chi connectivity index (χ3n) is 6.11. The van der Waals surface area contributed by atoms with Crippen LogP contribution in [-0.4, -0.2) is 35.2 Å². The molecule has 1 aliphatic rings. The van der Waals surface area contributed by atoms with Gasteiger partial charge in [0.1, 0.15) is 0 Å². The summed E-state index contributed by atoms with van der Waals surface area (Å²) in [5.41, 5.74) is 3.97. The molecule has 5 heteroatoms. The average molecular weight is 406 g/mol. The minimum atomic E-state index is -0.465. The summed E-state index contributed by atoms with van der Waals surface area (Å²) in [4.78, 5) is 13.9. The Morgan fingerprint density at radius 2 is 1.77 bits per heavy atom. The summed E-state index contributed by atoms with van der Waals surface area (Å²) in [6.45, 7) is 7.43. The second kappa shape index (κ2) is 9.26. The van der Waals surface area contributed by atoms with E-state index in [9.17, 15) is 9.90 Å². The lowest BCUT2D eigenvalue weighted by Crippen LogP contribution is -2.47. The summed E-state index contributed by atoms with van der Waals surface area (Å²) in [6, 6.07) is 16.1. The van der Waals surface area contributed by atoms with Gasteiger partial charge in [-0.25, -0.2) is 0 Å². The van der Waals surface area contributed by atoms with Crippen LogP contribution < -0.4 is 5.32 Å². The summed E-state index contributed by atoms with van der Waals surface area (Å²) >= 11 is 0. The lowest BCUT2D eigenvalue weighted by atomic mass is 9.79. The maximum atomic E-state index is 11.4. The molecule has 1 amide bonds. The molecule has 1 aliphatic heterocycles. The predicted molar refractivity (Wildman–Crippen MR) is 123 cm³/mol. The fraction of sp³-hybridized carbons (Fsp3) is 0.360. The average Bonchev–Trinajstić information content (AvgIpc) is 2.75. The summed E-state index contributed by atoms with van der Waals surface area (Å²) < 4.78 is 0. The van der Waals surface area contributed by atoms with Gasteiger partial charge >= 0.3 is 0 Å². The molecule has 1 saturated heterocycles. The van der Waals surface area contributed by atoms with Crippen molar-refractivity contribution in [1.29, 1.82) is 5.41 Å². The van der Waals surface area contributed by atoms with E-state index in [-0.39, 0.29) is 5.76 Å². The topological polar surface area (TPSA) is 76.4 Å². The summed E-state index contributed by atoms with van der Waals surface area (Å²) in [5, 5.41) is 21.2. The number of hydrogen-bond donors (Lipinski definition) is 3. The van der Waals surface area contributed by atoms with Crippen molar-refractivity contribution in [3.63, 3.8) is 0 Å². The smallest absolute Gasteiger partial charge is 0.211 e. The molecule has 0 aromatic heterocycles. The van der Waals surface area contributed by atoms with Crippen molar-refractivity contribution in [2.24, 2.45) is 0 Å². The number of aliphatic hydroxyl groups excluding tert-OH is 1. The highest BCUT2D eigenvalue weighted by Crippen LogP contribution is 2.42. The van der Waals surface area contributed by atoms with Crippen molar-refractivity contribution in [3.05, 3.63) is 71.0 Å². The van der Waals surface area contributed by atoms with Gasteiger partial charge in [0.2, 0.25) is 6.41 Å². The zero-order valence-electron chi connectivity index (χ0n) is 18.0. The highest BCUT2D eigenvalue weighted by molar-refractivity contribution is 6.21. The van der Waals surface area contributed by atoms with Crippen LogP contribution in [0.15, 0.2) is 54.3 Å². The highest BCUT2D eigenvalue weighted by Gasteiger charge is 2.38. The number of benzene rings is 2. The number of likely N-dealkylation sites (tertiary alicyclic amines) is 1. The van der Waals surface area contributed by atoms with E-state index < -0.39 is 5.54 Å². The van der Waals surface area contributed by atoms with E-state index in [0.29, 0.717) is 17.7 Å². The number of carbonyl (C=O) groups excluding carboxylic acids is 1. The van der Waals surface area contributed by atoms with Crippen LogP contribution in [0.1, 0.15) is 56.7 Å². The number of amides is 1. The van der Waals surface area contributed by atoms with Gasteiger partial charge in [0.05, 0.1) is 11.3 Å². The van der Waals surface area contributed by atoms with Crippen LogP contribution in [0.2, 0.25) is 0 Å². The van der Waals surface area contributed by atoms with E-state index in [0.717, 1.165) is 48.3 Å². The monoisotopic (exact) mass is 405 g/mol. The van der Waals surface area contributed by atoms with Gasteiger partial charge in [-0.3, -0.25) is 9.69 Å². The Morgan fingerprint density at radius 1 is 1.10 bits per heavy atom. The van der Waals surface area contributed by atoms with Gasteiger partial charge in [-0.15, -0.1) is 0 Å². The van der Waals surface area contributed by atoms with Gasteiger partial charge in [0, 0.05) is 22.5 Å². The molecule has 2 aromatic rings. The molecule has 1 unspecified atom stereocenters. The standard InChI is InChI=1S/C25H31N3O2/c1-18(26)24(19(2)30)20-12-13-23(27-17-29)22(16-20)25(3,21-10-6-4-7-11-21)28-14-8-5-9-15-28/h4,6-7,10-13,16-17,26,30H,5,8-9,14-15H2,1-3H3,(H,27,29)/b24-19+,26-18?. The van der Waals surface area contributed by atoms with Crippen LogP contribution in [0.5, 0.6) is 0 Å². The number of anilines is 1. The lowest BCUT2D eigenvalue weighted by Gasteiger charge is -2.45. The molecule has 30 heavy (non-hydrogen) atoms. The Labute approximate surface area is 178 Å². The largest absolute Gasteiger partial charge is 0.512 e. The van der Waals surface area contributed by atoms with Crippen LogP contribution in [0, 0.1) is 5.41 Å². The van der Waals surface area contributed by atoms with E-state index in [1.54, 1.807) is 13.8 Å². The van der Waals surface area contributed by atoms with Gasteiger partial charge in [-0.05, 0) is 70.0 Å². The number of nitrogens with zero attached hydrogens (tertiary/aromatic N) is 1. The third-order valence-corrected chi connectivity index (χ3v) is 6.11. The Balaban J connectivity index is 2.28. The number of carbonyl (C=O) groups is 1. The maximum absolute atomic E-state index is 11.4. The van der Waals surface area contributed by atoms with Gasteiger partial charge in [-0.1, -0.05) is 42.8 Å². The first-order valence-electron chi connectivity index (χ1n) is 10.5. The molecule has 5 nitrogen and oxygen atoms in total. The number of allylic oxidation sites excluding steroid dienone is 2. The van der Waals surface area contributed by atoms with Crippen molar-refractivity contribution in [2.45, 2.75) is 45.6 Å². The number of nitrogens with one attached hydrogen (secondary N) is 2. The fourth-order valence-electron chi connectivity index (χ4n) is 4.60. The lowest BCUT2D eigenvalue weighted by molar-refractivity contribution is -0.105. The van der Waals surface area contributed by atoms with E-state index >= 15 is 0 Å². The van der Waals surface area contributed by atoms with Crippen molar-refractivity contribution in [3.8, 4) is 0 Å². The number of aliphatic hydroxyl groups is 1. The Morgan fingerprint density at radius 3 is 2.33 bits per heavy atom. The zero-order valence-corrected chi connectivity index (χ0v) is 18.0. The van der Waals surface area contributed by atoms with Crippen molar-refractivity contribution in [2.75, 3.05) is 18.4 Å². The molecule has 3 N–H and O–H groups in total. The fourth-order valence-corrected chi connectivity index (χ4v) is 4.60. The van der Waals surface area contributed by atoms with Crippen LogP contribution in [-0.2, 0) is 10.3 Å². The minimum absolute atomic E-state index is 0.115. The first-order valence-corrected chi connectivity index (χ1v) is 10.5. The molecule has 3 rings (SSSR count). The molecule has 158 valence electrons. The summed E-state index contributed by atoms with van der Waals surface area (Å²) in [7, 11) is 0. The second-order valence-electron chi connectivity index (χ2n) is 8.09. The van der Waals surface area contributed by atoms with Crippen LogP contribution in [0.25, 0.3) is 5.57 Å². The summed E-state index contributed by atoms with van der Waals surface area (Å²) in [5.74, 6) is 0.115. The molecule has 1 fully saturated rings. The number of piperidine rings is 1. The third kappa shape index (κ3) is 4.17. The molecule has 0 spiro atoms. The maximum Gasteiger partial charge on any atom is 0.211 e. The molecular weight excluding hydrogens is 374 g/mol. The van der Waals surface area contributed by atoms with Crippen molar-refractivity contribution >= 4 is 23.4 Å². The van der Waals surface area contributed by atoms with Crippen LogP contribution in [0.4, 0.5) is 5.69 Å². The van der Waals surface area contributed by atoms with E-state index in [2.05, 4.69) is 29.3 Å². The normalized spacial score (nSPS) is 17.6. The number of hydrogen-bond acceptors (Lipinski definition) is 4. The van der Waals surface area contributed by atoms with Gasteiger partial charge < -0.3 is 15.8 Å². The van der Waals surface area contributed by atoms with Gasteiger partial charge in [0.25, 0.3) is 0 Å². The van der Waals surface area contributed by atoms with Crippen molar-refractivity contribution in [1.82, 2.24) is 4.90 Å². The molecule has 0 aliphatic carbocycles. The molecule has 1 heterocycles. The summed E-state index contributed by atoms with van der Waals surface area (Å²) in [6.07, 6.45) is 4.21. The molecule has 1 atom stereocenters. The highest BCUT2D eigenvalue weighted by atomic mass is 16.3. The molecule has 0 bridgehead atoms. The number of rotatable bonds is 7. The Bertz CT molecular complexity index is 942. The van der Waals surface area contributed by atoms with E-state index in [4.69, 9.17) is 5.41 Å².